The SMILES string of the molecule is Cc1ccc(NC(=O)COC(=O)[C@@H]2CC(=O)N(NC(=O)c3ccccc3[N+](=O)[O-])C2)cc1Cl. The maximum Gasteiger partial charge on any atom is 0.311 e. The zero-order chi connectivity index (χ0) is 24.1. The van der Waals surface area contributed by atoms with E-state index < -0.39 is 46.8 Å². The van der Waals surface area contributed by atoms with Gasteiger partial charge >= 0.3 is 5.97 Å². The first-order valence-corrected chi connectivity index (χ1v) is 10.1. The number of anilines is 1. The molecule has 0 aromatic heterocycles. The standard InChI is InChI=1S/C21H19ClN4O7/c1-12-6-7-14(9-16(12)22)23-18(27)11-33-21(30)13-8-19(28)25(10-13)24-20(29)15-4-2-3-5-17(15)26(31)32/h2-7,9,13H,8,10-11H2,1H3,(H,23,27)(H,24,29)/t13-/m1/s1. The fourth-order valence-electron chi connectivity index (χ4n) is 3.10. The molecule has 0 unspecified atom stereocenters. The van der Waals surface area contributed by atoms with Crippen LogP contribution in [0.15, 0.2) is 42.5 Å². The normalized spacial score (nSPS) is 15.2. The number of hydrogen-bond acceptors (Lipinski definition) is 7. The molecular weight excluding hydrogens is 456 g/mol. The average Bonchev–Trinajstić information content (AvgIpc) is 3.14. The van der Waals surface area contributed by atoms with Crippen molar-refractivity contribution in [2.45, 2.75) is 13.3 Å². The van der Waals surface area contributed by atoms with Crippen LogP contribution in [-0.2, 0) is 19.1 Å². The molecule has 1 atom stereocenters. The number of ether oxygens (including phenoxy) is 1. The molecule has 1 fully saturated rings. The van der Waals surface area contributed by atoms with Gasteiger partial charge in [0, 0.05) is 23.2 Å². The Kier molecular flexibility index (Phi) is 7.23. The van der Waals surface area contributed by atoms with Gasteiger partial charge in [0.25, 0.3) is 17.5 Å². The number of rotatable bonds is 7. The second-order valence-corrected chi connectivity index (χ2v) is 7.65. The lowest BCUT2D eigenvalue weighted by Gasteiger charge is -2.17. The van der Waals surface area contributed by atoms with E-state index in [1.807, 2.05) is 6.92 Å². The van der Waals surface area contributed by atoms with E-state index in [1.165, 1.54) is 18.2 Å². The number of nitrogens with zero attached hydrogens (tertiary/aromatic N) is 2. The summed E-state index contributed by atoms with van der Waals surface area (Å²) in [5.41, 5.74) is 2.90. The number of amides is 3. The van der Waals surface area contributed by atoms with E-state index in [4.69, 9.17) is 16.3 Å². The van der Waals surface area contributed by atoms with Crippen molar-refractivity contribution in [3.63, 3.8) is 0 Å². The highest BCUT2D eigenvalue weighted by atomic mass is 35.5. The Balaban J connectivity index is 1.52. The molecule has 172 valence electrons. The molecule has 0 aliphatic carbocycles. The summed E-state index contributed by atoms with van der Waals surface area (Å²) in [6.07, 6.45) is -0.245. The van der Waals surface area contributed by atoms with Crippen molar-refractivity contribution in [1.29, 1.82) is 0 Å². The van der Waals surface area contributed by atoms with Crippen molar-refractivity contribution in [1.82, 2.24) is 10.4 Å². The fraction of sp³-hybridized carbons (Fsp3) is 0.238. The third-order valence-corrected chi connectivity index (χ3v) is 5.25. The summed E-state index contributed by atoms with van der Waals surface area (Å²) in [6, 6.07) is 10.2. The minimum absolute atomic E-state index is 0.195. The number of hydrazine groups is 1. The molecule has 2 aromatic rings. The summed E-state index contributed by atoms with van der Waals surface area (Å²) in [6.45, 7) is 1.04. The number of esters is 1. The van der Waals surface area contributed by atoms with Crippen LogP contribution in [0.3, 0.4) is 0 Å². The van der Waals surface area contributed by atoms with Crippen LogP contribution >= 0.6 is 11.6 Å². The van der Waals surface area contributed by atoms with E-state index in [0.29, 0.717) is 10.7 Å². The first-order chi connectivity index (χ1) is 15.7. The van der Waals surface area contributed by atoms with E-state index >= 15 is 0 Å². The number of nitro benzene ring substituents is 1. The molecule has 33 heavy (non-hydrogen) atoms. The largest absolute Gasteiger partial charge is 0.455 e. The van der Waals surface area contributed by atoms with Crippen molar-refractivity contribution in [2.24, 2.45) is 5.92 Å². The molecule has 0 spiro atoms. The Morgan fingerprint density at radius 2 is 1.97 bits per heavy atom. The van der Waals surface area contributed by atoms with Crippen LogP contribution in [0.1, 0.15) is 22.3 Å². The van der Waals surface area contributed by atoms with Gasteiger partial charge in [0.1, 0.15) is 5.56 Å². The summed E-state index contributed by atoms with van der Waals surface area (Å²) in [7, 11) is 0. The second kappa shape index (κ2) is 10.1. The Morgan fingerprint density at radius 3 is 2.67 bits per heavy atom. The maximum atomic E-state index is 12.4. The first kappa shape index (κ1) is 23.7. The van der Waals surface area contributed by atoms with Gasteiger partial charge in [-0.2, -0.15) is 0 Å². The van der Waals surface area contributed by atoms with E-state index in [1.54, 1.807) is 18.2 Å². The third kappa shape index (κ3) is 5.83. The predicted molar refractivity (Wildman–Crippen MR) is 116 cm³/mol. The number of aryl methyl sites for hydroxylation is 1. The lowest BCUT2D eigenvalue weighted by molar-refractivity contribution is -0.385. The number of carbonyl (C=O) groups is 4. The number of nitrogens with one attached hydrogen (secondary N) is 2. The number of carbonyl (C=O) groups excluding carboxylic acids is 4. The minimum Gasteiger partial charge on any atom is -0.455 e. The van der Waals surface area contributed by atoms with Crippen LogP contribution in [0.4, 0.5) is 11.4 Å². The lowest BCUT2D eigenvalue weighted by Crippen LogP contribution is -2.43. The van der Waals surface area contributed by atoms with Crippen molar-refractivity contribution in [3.05, 3.63) is 68.7 Å². The van der Waals surface area contributed by atoms with Gasteiger partial charge in [-0.25, -0.2) is 0 Å². The van der Waals surface area contributed by atoms with E-state index in [-0.39, 0.29) is 18.5 Å². The van der Waals surface area contributed by atoms with Crippen molar-refractivity contribution in [3.8, 4) is 0 Å². The van der Waals surface area contributed by atoms with Gasteiger partial charge in [-0.3, -0.25) is 39.7 Å². The van der Waals surface area contributed by atoms with Crippen LogP contribution < -0.4 is 10.7 Å². The number of benzene rings is 2. The molecule has 12 heteroatoms. The lowest BCUT2D eigenvalue weighted by atomic mass is 10.1. The van der Waals surface area contributed by atoms with Gasteiger partial charge in [0.2, 0.25) is 5.91 Å². The van der Waals surface area contributed by atoms with Crippen molar-refractivity contribution in [2.75, 3.05) is 18.5 Å². The average molecular weight is 475 g/mol. The molecule has 1 aliphatic heterocycles. The van der Waals surface area contributed by atoms with Gasteiger partial charge in [0.15, 0.2) is 6.61 Å². The molecule has 0 bridgehead atoms. The summed E-state index contributed by atoms with van der Waals surface area (Å²) in [5, 5.41) is 15.0. The Morgan fingerprint density at radius 1 is 1.24 bits per heavy atom. The van der Waals surface area contributed by atoms with E-state index in [9.17, 15) is 29.3 Å². The van der Waals surface area contributed by atoms with Crippen LogP contribution in [0.25, 0.3) is 0 Å². The quantitative estimate of drug-likeness (QED) is 0.355. The van der Waals surface area contributed by atoms with Gasteiger partial charge in [-0.05, 0) is 30.7 Å². The van der Waals surface area contributed by atoms with Crippen molar-refractivity contribution < 1.29 is 28.8 Å². The maximum absolute atomic E-state index is 12.4. The number of hydrogen-bond donors (Lipinski definition) is 2. The highest BCUT2D eigenvalue weighted by Crippen LogP contribution is 2.22. The van der Waals surface area contributed by atoms with Crippen LogP contribution in [0, 0.1) is 23.0 Å². The smallest absolute Gasteiger partial charge is 0.311 e. The third-order valence-electron chi connectivity index (χ3n) is 4.84. The minimum atomic E-state index is -0.912. The number of nitro groups is 1. The predicted octanol–water partition coefficient (Wildman–Crippen LogP) is 2.23. The molecule has 0 radical (unpaired) electrons. The summed E-state index contributed by atoms with van der Waals surface area (Å²) in [5.74, 6) is -3.72. The number of para-hydroxylation sites is 1. The topological polar surface area (TPSA) is 148 Å². The van der Waals surface area contributed by atoms with E-state index in [0.717, 1.165) is 16.6 Å². The van der Waals surface area contributed by atoms with Gasteiger partial charge < -0.3 is 10.1 Å². The second-order valence-electron chi connectivity index (χ2n) is 7.24. The molecule has 0 saturated carbocycles. The zero-order valence-electron chi connectivity index (χ0n) is 17.4. The Bertz CT molecular complexity index is 1140. The summed E-state index contributed by atoms with van der Waals surface area (Å²) in [4.78, 5) is 59.3. The molecule has 2 N–H and O–H groups in total. The van der Waals surface area contributed by atoms with Gasteiger partial charge in [-0.1, -0.05) is 29.8 Å². The molecular formula is C21H19ClN4O7. The van der Waals surface area contributed by atoms with E-state index in [2.05, 4.69) is 10.7 Å². The number of halogens is 1. The highest BCUT2D eigenvalue weighted by Gasteiger charge is 2.37. The first-order valence-electron chi connectivity index (χ1n) is 9.73. The van der Waals surface area contributed by atoms with Gasteiger partial charge in [-0.15, -0.1) is 0 Å². The molecule has 3 rings (SSSR count). The molecule has 2 aromatic carbocycles. The molecule has 1 heterocycles. The van der Waals surface area contributed by atoms with Crippen LogP contribution in [0.5, 0.6) is 0 Å². The zero-order valence-corrected chi connectivity index (χ0v) is 18.1. The van der Waals surface area contributed by atoms with Crippen molar-refractivity contribution >= 4 is 46.7 Å². The Labute approximate surface area is 192 Å². The molecule has 11 nitrogen and oxygen atoms in total. The molecule has 3 amide bonds. The van der Waals surface area contributed by atoms with Crippen LogP contribution in [0.2, 0.25) is 5.02 Å². The summed E-state index contributed by atoms with van der Waals surface area (Å²) >= 11 is 6.00. The summed E-state index contributed by atoms with van der Waals surface area (Å²) < 4.78 is 4.99. The highest BCUT2D eigenvalue weighted by molar-refractivity contribution is 6.31. The molecule has 1 saturated heterocycles. The van der Waals surface area contributed by atoms with Crippen LogP contribution in [-0.4, -0.2) is 46.8 Å². The monoisotopic (exact) mass is 474 g/mol. The Hall–Kier alpha value is -3.99. The molecule has 1 aliphatic rings. The van der Waals surface area contributed by atoms with Gasteiger partial charge in [0.05, 0.1) is 17.4 Å². The fourth-order valence-corrected chi connectivity index (χ4v) is 3.28.